The number of nitrogens with one attached hydrogen (secondary N) is 2. The van der Waals surface area contributed by atoms with Crippen molar-refractivity contribution in [3.05, 3.63) is 52.6 Å². The van der Waals surface area contributed by atoms with Crippen molar-refractivity contribution in [1.29, 1.82) is 0 Å². The van der Waals surface area contributed by atoms with Crippen LogP contribution in [0.25, 0.3) is 0 Å². The van der Waals surface area contributed by atoms with Crippen LogP contribution in [0.3, 0.4) is 0 Å². The number of rotatable bonds is 9. The third kappa shape index (κ3) is 5.52. The Hall–Kier alpha value is -3.22. The van der Waals surface area contributed by atoms with Crippen molar-refractivity contribution in [1.82, 2.24) is 4.31 Å². The number of hydrogen-bond donors (Lipinski definition) is 2. The third-order valence-corrected chi connectivity index (χ3v) is 6.72. The standard InChI is InChI=1S/C20H24N4O7S/c1-30-18-7-6-15(14-19(18)32(28,29)23-10-12-31-13-11-23)22-20(25)8-9-21-16-4-2-3-5-17(16)24(26)27/h2-7,14,21H,8-13H2,1H3,(H,22,25). The van der Waals surface area contributed by atoms with Crippen LogP contribution < -0.4 is 15.4 Å². The second kappa shape index (κ2) is 10.4. The lowest BCUT2D eigenvalue weighted by Gasteiger charge is -2.26. The maximum Gasteiger partial charge on any atom is 0.292 e. The van der Waals surface area contributed by atoms with Crippen molar-refractivity contribution in [3.63, 3.8) is 0 Å². The second-order valence-corrected chi connectivity index (χ2v) is 8.79. The summed E-state index contributed by atoms with van der Waals surface area (Å²) >= 11 is 0. The summed E-state index contributed by atoms with van der Waals surface area (Å²) in [4.78, 5) is 22.9. The van der Waals surface area contributed by atoms with Gasteiger partial charge in [0.2, 0.25) is 15.9 Å². The summed E-state index contributed by atoms with van der Waals surface area (Å²) in [6, 6.07) is 10.5. The molecule has 0 aromatic heterocycles. The van der Waals surface area contributed by atoms with Crippen molar-refractivity contribution in [2.45, 2.75) is 11.3 Å². The van der Waals surface area contributed by atoms with E-state index in [9.17, 15) is 23.3 Å². The first-order valence-electron chi connectivity index (χ1n) is 9.86. The number of benzene rings is 2. The van der Waals surface area contributed by atoms with Crippen LogP contribution in [0.5, 0.6) is 5.75 Å². The third-order valence-electron chi connectivity index (χ3n) is 4.80. The van der Waals surface area contributed by atoms with E-state index in [0.29, 0.717) is 24.6 Å². The fraction of sp³-hybridized carbons (Fsp3) is 0.350. The predicted molar refractivity (Wildman–Crippen MR) is 117 cm³/mol. The number of amides is 1. The van der Waals surface area contributed by atoms with Gasteiger partial charge in [-0.25, -0.2) is 8.42 Å². The monoisotopic (exact) mass is 464 g/mol. The number of methoxy groups -OCH3 is 1. The van der Waals surface area contributed by atoms with Crippen LogP contribution in [0.4, 0.5) is 17.1 Å². The van der Waals surface area contributed by atoms with Crippen molar-refractivity contribution in [2.75, 3.05) is 50.6 Å². The number of anilines is 2. The first-order chi connectivity index (χ1) is 15.3. The molecule has 1 aliphatic heterocycles. The molecular weight excluding hydrogens is 440 g/mol. The molecule has 1 fully saturated rings. The number of morpholine rings is 1. The fourth-order valence-electron chi connectivity index (χ4n) is 3.20. The topological polar surface area (TPSA) is 140 Å². The molecule has 0 atom stereocenters. The molecular formula is C20H24N4O7S. The van der Waals surface area contributed by atoms with E-state index >= 15 is 0 Å². The lowest BCUT2D eigenvalue weighted by Crippen LogP contribution is -2.40. The second-order valence-electron chi connectivity index (χ2n) is 6.88. The number of carbonyl (C=O) groups is 1. The minimum atomic E-state index is -3.83. The summed E-state index contributed by atoms with van der Waals surface area (Å²) in [5, 5.41) is 16.6. The van der Waals surface area contributed by atoms with E-state index in [0.717, 1.165) is 0 Å². The molecule has 0 unspecified atom stereocenters. The SMILES string of the molecule is COc1ccc(NC(=O)CCNc2ccccc2[N+](=O)[O-])cc1S(=O)(=O)N1CCOCC1. The Morgan fingerprint density at radius 1 is 1.22 bits per heavy atom. The van der Waals surface area contributed by atoms with E-state index in [1.54, 1.807) is 24.3 Å². The van der Waals surface area contributed by atoms with Crippen LogP contribution in [0.1, 0.15) is 6.42 Å². The molecule has 32 heavy (non-hydrogen) atoms. The highest BCUT2D eigenvalue weighted by Crippen LogP contribution is 2.30. The molecule has 0 bridgehead atoms. The van der Waals surface area contributed by atoms with Gasteiger partial charge in [0, 0.05) is 37.8 Å². The van der Waals surface area contributed by atoms with Gasteiger partial charge in [0.1, 0.15) is 16.3 Å². The summed E-state index contributed by atoms with van der Waals surface area (Å²) < 4.78 is 37.8. The Morgan fingerprint density at radius 3 is 2.62 bits per heavy atom. The zero-order valence-corrected chi connectivity index (χ0v) is 18.3. The zero-order valence-electron chi connectivity index (χ0n) is 17.4. The molecule has 0 aliphatic carbocycles. The van der Waals surface area contributed by atoms with E-state index in [1.807, 2.05) is 0 Å². The van der Waals surface area contributed by atoms with Gasteiger partial charge in [-0.2, -0.15) is 4.31 Å². The van der Waals surface area contributed by atoms with Gasteiger partial charge in [-0.3, -0.25) is 14.9 Å². The summed E-state index contributed by atoms with van der Waals surface area (Å²) in [6.45, 7) is 1.25. The average molecular weight is 465 g/mol. The van der Waals surface area contributed by atoms with E-state index in [-0.39, 0.29) is 48.3 Å². The number of nitrogens with zero attached hydrogens (tertiary/aromatic N) is 2. The van der Waals surface area contributed by atoms with E-state index in [2.05, 4.69) is 10.6 Å². The number of nitro groups is 1. The van der Waals surface area contributed by atoms with Crippen LogP contribution in [0, 0.1) is 10.1 Å². The first-order valence-corrected chi connectivity index (χ1v) is 11.3. The summed E-state index contributed by atoms with van der Waals surface area (Å²) in [5.41, 5.74) is 0.531. The van der Waals surface area contributed by atoms with Gasteiger partial charge in [0.15, 0.2) is 0 Å². The summed E-state index contributed by atoms with van der Waals surface area (Å²) in [6.07, 6.45) is 0.0175. The minimum absolute atomic E-state index is 0.0175. The van der Waals surface area contributed by atoms with Gasteiger partial charge in [0.25, 0.3) is 5.69 Å². The molecule has 172 valence electrons. The molecule has 0 saturated carbocycles. The maximum absolute atomic E-state index is 13.0. The highest BCUT2D eigenvalue weighted by molar-refractivity contribution is 7.89. The zero-order chi connectivity index (χ0) is 23.1. The van der Waals surface area contributed by atoms with Crippen molar-refractivity contribution in [2.24, 2.45) is 0 Å². The number of carbonyl (C=O) groups excluding carboxylic acids is 1. The molecule has 1 aliphatic rings. The molecule has 2 aromatic carbocycles. The van der Waals surface area contributed by atoms with Gasteiger partial charge in [-0.1, -0.05) is 12.1 Å². The predicted octanol–water partition coefficient (Wildman–Crippen LogP) is 2.06. The Morgan fingerprint density at radius 2 is 1.94 bits per heavy atom. The molecule has 0 spiro atoms. The first kappa shape index (κ1) is 23.4. The van der Waals surface area contributed by atoms with Crippen LogP contribution in [-0.4, -0.2) is 63.5 Å². The molecule has 0 radical (unpaired) electrons. The van der Waals surface area contributed by atoms with E-state index in [4.69, 9.17) is 9.47 Å². The van der Waals surface area contributed by atoms with Crippen LogP contribution in [0.15, 0.2) is 47.4 Å². The highest BCUT2D eigenvalue weighted by atomic mass is 32.2. The number of hydrogen-bond acceptors (Lipinski definition) is 8. The molecule has 1 amide bonds. The Balaban J connectivity index is 1.66. The molecule has 2 N–H and O–H groups in total. The van der Waals surface area contributed by atoms with E-state index in [1.165, 1.54) is 29.6 Å². The summed E-state index contributed by atoms with van der Waals surface area (Å²) in [5.74, 6) is -0.205. The Kier molecular flexibility index (Phi) is 7.62. The lowest BCUT2D eigenvalue weighted by atomic mass is 10.2. The molecule has 2 aromatic rings. The van der Waals surface area contributed by atoms with Gasteiger partial charge >= 0.3 is 0 Å². The van der Waals surface area contributed by atoms with Gasteiger partial charge in [0.05, 0.1) is 25.2 Å². The van der Waals surface area contributed by atoms with Crippen LogP contribution in [-0.2, 0) is 19.6 Å². The van der Waals surface area contributed by atoms with Crippen LogP contribution >= 0.6 is 0 Å². The minimum Gasteiger partial charge on any atom is -0.495 e. The fourth-order valence-corrected chi connectivity index (χ4v) is 4.79. The van der Waals surface area contributed by atoms with Crippen molar-refractivity contribution in [3.8, 4) is 5.75 Å². The molecule has 1 saturated heterocycles. The molecule has 12 heteroatoms. The van der Waals surface area contributed by atoms with Crippen LogP contribution in [0.2, 0.25) is 0 Å². The highest BCUT2D eigenvalue weighted by Gasteiger charge is 2.29. The summed E-state index contributed by atoms with van der Waals surface area (Å²) in [7, 11) is -2.45. The largest absolute Gasteiger partial charge is 0.495 e. The Labute approximate surface area is 185 Å². The van der Waals surface area contributed by atoms with Crippen molar-refractivity contribution < 1.29 is 27.6 Å². The normalized spacial score (nSPS) is 14.5. The van der Waals surface area contributed by atoms with Gasteiger partial charge < -0.3 is 20.1 Å². The molecule has 11 nitrogen and oxygen atoms in total. The number of ether oxygens (including phenoxy) is 2. The van der Waals surface area contributed by atoms with Gasteiger partial charge in [-0.15, -0.1) is 0 Å². The van der Waals surface area contributed by atoms with E-state index < -0.39 is 14.9 Å². The maximum atomic E-state index is 13.0. The Bertz CT molecular complexity index is 1090. The number of sulfonamides is 1. The smallest absolute Gasteiger partial charge is 0.292 e. The average Bonchev–Trinajstić information content (AvgIpc) is 2.80. The van der Waals surface area contributed by atoms with Crippen molar-refractivity contribution >= 4 is 33.0 Å². The number of nitro benzene ring substituents is 1. The lowest BCUT2D eigenvalue weighted by molar-refractivity contribution is -0.384. The quantitative estimate of drug-likeness (QED) is 0.425. The van der Waals surface area contributed by atoms with Gasteiger partial charge in [-0.05, 0) is 24.3 Å². The number of para-hydroxylation sites is 2. The molecule has 1 heterocycles. The molecule has 3 rings (SSSR count).